The average Bonchev–Trinajstić information content (AvgIpc) is 2.92. The molecule has 2 aliphatic heterocycles. The molecule has 0 bridgehead atoms. The standard InChI is InChI=1S/C28H37ClN4O3/c1-3-19-5-4-6-22(18-19)25(34)28(36)33-15-11-21(12-16-33)17-20-9-13-32(14-10-20)24-8-7-23(26(29)31-24)27(35)30-2/h4-8,18,20-21,25,34H,3,9-17H2,1-2H3,(H,30,35). The van der Waals surface area contributed by atoms with Gasteiger partial charge < -0.3 is 20.2 Å². The number of carbonyl (C=O) groups is 2. The average molecular weight is 513 g/mol. The smallest absolute Gasteiger partial charge is 0.256 e. The lowest BCUT2D eigenvalue weighted by Crippen LogP contribution is -2.42. The number of likely N-dealkylation sites (tertiary alicyclic amines) is 1. The summed E-state index contributed by atoms with van der Waals surface area (Å²) in [6, 6.07) is 11.3. The molecule has 2 fully saturated rings. The number of anilines is 1. The normalized spacial score (nSPS) is 18.2. The van der Waals surface area contributed by atoms with Gasteiger partial charge in [-0.1, -0.05) is 42.8 Å². The van der Waals surface area contributed by atoms with Crippen LogP contribution in [-0.4, -0.2) is 60.0 Å². The van der Waals surface area contributed by atoms with Crippen molar-refractivity contribution in [2.24, 2.45) is 11.8 Å². The molecule has 1 atom stereocenters. The molecule has 8 heteroatoms. The van der Waals surface area contributed by atoms with Gasteiger partial charge in [0.05, 0.1) is 5.56 Å². The molecule has 4 rings (SSSR count). The lowest BCUT2D eigenvalue weighted by atomic mass is 9.82. The summed E-state index contributed by atoms with van der Waals surface area (Å²) >= 11 is 6.24. The van der Waals surface area contributed by atoms with Crippen molar-refractivity contribution in [3.63, 3.8) is 0 Å². The summed E-state index contributed by atoms with van der Waals surface area (Å²) in [6.45, 7) is 5.35. The van der Waals surface area contributed by atoms with Crippen LogP contribution in [0.5, 0.6) is 0 Å². The summed E-state index contributed by atoms with van der Waals surface area (Å²) in [4.78, 5) is 33.3. The first kappa shape index (κ1) is 26.4. The lowest BCUT2D eigenvalue weighted by molar-refractivity contribution is -0.142. The van der Waals surface area contributed by atoms with Crippen LogP contribution in [0.25, 0.3) is 0 Å². The van der Waals surface area contributed by atoms with E-state index in [-0.39, 0.29) is 17.0 Å². The number of nitrogens with zero attached hydrogens (tertiary/aromatic N) is 3. The van der Waals surface area contributed by atoms with Crippen LogP contribution in [0.15, 0.2) is 36.4 Å². The van der Waals surface area contributed by atoms with Gasteiger partial charge in [-0.2, -0.15) is 0 Å². The molecule has 0 spiro atoms. The Bertz CT molecular complexity index is 1060. The number of piperidine rings is 2. The lowest BCUT2D eigenvalue weighted by Gasteiger charge is -2.37. The number of hydrogen-bond donors (Lipinski definition) is 2. The Balaban J connectivity index is 1.23. The van der Waals surface area contributed by atoms with Crippen LogP contribution in [0.1, 0.15) is 66.6 Å². The predicted octanol–water partition coefficient (Wildman–Crippen LogP) is 4.24. The number of pyridine rings is 1. The molecular weight excluding hydrogens is 476 g/mol. The Hall–Kier alpha value is -2.64. The molecule has 0 radical (unpaired) electrons. The molecular formula is C28H37ClN4O3. The number of benzene rings is 1. The van der Waals surface area contributed by atoms with Crippen LogP contribution in [0.3, 0.4) is 0 Å². The second-order valence-corrected chi connectivity index (χ2v) is 10.4. The zero-order chi connectivity index (χ0) is 25.7. The molecule has 2 N–H and O–H groups in total. The number of nitrogens with one attached hydrogen (secondary N) is 1. The van der Waals surface area contributed by atoms with Crippen LogP contribution < -0.4 is 10.2 Å². The van der Waals surface area contributed by atoms with Crippen LogP contribution in [-0.2, 0) is 11.2 Å². The van der Waals surface area contributed by atoms with Crippen molar-refractivity contribution in [2.45, 2.75) is 51.6 Å². The number of aliphatic hydroxyl groups is 1. The molecule has 7 nitrogen and oxygen atoms in total. The fraction of sp³-hybridized carbons (Fsp3) is 0.536. The summed E-state index contributed by atoms with van der Waals surface area (Å²) in [5, 5.41) is 13.5. The van der Waals surface area contributed by atoms with Gasteiger partial charge in [0.2, 0.25) is 0 Å². The van der Waals surface area contributed by atoms with E-state index < -0.39 is 6.10 Å². The van der Waals surface area contributed by atoms with Gasteiger partial charge in [-0.25, -0.2) is 4.98 Å². The third-order valence-corrected chi connectivity index (χ3v) is 8.03. The maximum absolute atomic E-state index is 12.9. The minimum atomic E-state index is -1.08. The Kier molecular flexibility index (Phi) is 8.86. The summed E-state index contributed by atoms with van der Waals surface area (Å²) in [7, 11) is 1.58. The van der Waals surface area contributed by atoms with Gasteiger partial charge in [-0.05, 0) is 73.6 Å². The molecule has 0 saturated carbocycles. The number of carbonyl (C=O) groups excluding carboxylic acids is 2. The van der Waals surface area contributed by atoms with E-state index in [0.29, 0.717) is 36.1 Å². The van der Waals surface area contributed by atoms with E-state index in [1.165, 1.54) is 6.42 Å². The van der Waals surface area contributed by atoms with Crippen LogP contribution in [0, 0.1) is 11.8 Å². The largest absolute Gasteiger partial charge is 0.378 e. The summed E-state index contributed by atoms with van der Waals surface area (Å²) < 4.78 is 0. The van der Waals surface area contributed by atoms with E-state index in [1.54, 1.807) is 13.1 Å². The summed E-state index contributed by atoms with van der Waals surface area (Å²) in [5.74, 6) is 1.69. The number of aryl methyl sites for hydroxylation is 1. The second-order valence-electron chi connectivity index (χ2n) is 10.0. The van der Waals surface area contributed by atoms with E-state index in [2.05, 4.69) is 22.1 Å². The molecule has 36 heavy (non-hydrogen) atoms. The number of amides is 2. The molecule has 194 valence electrons. The van der Waals surface area contributed by atoms with Gasteiger partial charge in [-0.3, -0.25) is 9.59 Å². The molecule has 3 heterocycles. The highest BCUT2D eigenvalue weighted by molar-refractivity contribution is 6.32. The van der Waals surface area contributed by atoms with Gasteiger partial charge in [-0.15, -0.1) is 0 Å². The topological polar surface area (TPSA) is 85.8 Å². The van der Waals surface area contributed by atoms with Crippen LogP contribution in [0.2, 0.25) is 5.15 Å². The molecule has 2 aliphatic rings. The number of rotatable bonds is 7. The van der Waals surface area contributed by atoms with Crippen molar-refractivity contribution in [2.75, 3.05) is 38.1 Å². The predicted molar refractivity (Wildman–Crippen MR) is 142 cm³/mol. The van der Waals surface area contributed by atoms with Gasteiger partial charge in [0.1, 0.15) is 11.0 Å². The SMILES string of the molecule is CCc1cccc(C(O)C(=O)N2CCC(CC3CCN(c4ccc(C(=O)NC)c(Cl)n4)CC3)CC2)c1. The summed E-state index contributed by atoms with van der Waals surface area (Å²) in [6.07, 6.45) is 5.17. The molecule has 1 aromatic carbocycles. The molecule has 1 unspecified atom stereocenters. The van der Waals surface area contributed by atoms with Crippen molar-refractivity contribution in [1.82, 2.24) is 15.2 Å². The summed E-state index contributed by atoms with van der Waals surface area (Å²) in [5.41, 5.74) is 2.21. The first-order valence-electron chi connectivity index (χ1n) is 13.1. The van der Waals surface area contributed by atoms with E-state index in [4.69, 9.17) is 11.6 Å². The van der Waals surface area contributed by atoms with Gasteiger partial charge in [0, 0.05) is 33.2 Å². The zero-order valence-electron chi connectivity index (χ0n) is 21.3. The van der Waals surface area contributed by atoms with Crippen LogP contribution in [0.4, 0.5) is 5.82 Å². The fourth-order valence-corrected chi connectivity index (χ4v) is 5.70. The maximum atomic E-state index is 12.9. The number of aliphatic hydroxyl groups excluding tert-OH is 1. The Labute approximate surface area is 218 Å². The van der Waals surface area contributed by atoms with Crippen molar-refractivity contribution < 1.29 is 14.7 Å². The first-order chi connectivity index (χ1) is 17.4. The quantitative estimate of drug-likeness (QED) is 0.542. The minimum absolute atomic E-state index is 0.177. The molecule has 2 amide bonds. The first-order valence-corrected chi connectivity index (χ1v) is 13.5. The van der Waals surface area contributed by atoms with E-state index in [1.807, 2.05) is 35.2 Å². The molecule has 2 saturated heterocycles. The monoisotopic (exact) mass is 512 g/mol. The Morgan fingerprint density at radius 1 is 1.08 bits per heavy atom. The van der Waals surface area contributed by atoms with Crippen LogP contribution >= 0.6 is 11.6 Å². The highest BCUT2D eigenvalue weighted by Crippen LogP contribution is 2.32. The zero-order valence-corrected chi connectivity index (χ0v) is 22.0. The van der Waals surface area contributed by atoms with Gasteiger partial charge >= 0.3 is 0 Å². The minimum Gasteiger partial charge on any atom is -0.378 e. The highest BCUT2D eigenvalue weighted by Gasteiger charge is 2.30. The van der Waals surface area contributed by atoms with Crippen molar-refractivity contribution in [3.05, 3.63) is 58.2 Å². The van der Waals surface area contributed by atoms with E-state index in [0.717, 1.165) is 56.6 Å². The van der Waals surface area contributed by atoms with Crippen molar-refractivity contribution in [3.8, 4) is 0 Å². The fourth-order valence-electron chi connectivity index (χ4n) is 5.46. The number of aromatic nitrogens is 1. The third-order valence-electron chi connectivity index (χ3n) is 7.75. The van der Waals surface area contributed by atoms with E-state index in [9.17, 15) is 14.7 Å². The molecule has 0 aliphatic carbocycles. The number of halogens is 1. The molecule has 1 aromatic heterocycles. The highest BCUT2D eigenvalue weighted by atomic mass is 35.5. The third kappa shape index (κ3) is 6.19. The maximum Gasteiger partial charge on any atom is 0.256 e. The van der Waals surface area contributed by atoms with Gasteiger partial charge in [0.15, 0.2) is 6.10 Å². The van der Waals surface area contributed by atoms with E-state index >= 15 is 0 Å². The van der Waals surface area contributed by atoms with Gasteiger partial charge in [0.25, 0.3) is 11.8 Å². The van der Waals surface area contributed by atoms with Crippen molar-refractivity contribution >= 4 is 29.2 Å². The van der Waals surface area contributed by atoms with Crippen molar-refractivity contribution in [1.29, 1.82) is 0 Å². The molecule has 2 aromatic rings. The second kappa shape index (κ2) is 12.1. The Morgan fingerprint density at radius 2 is 1.75 bits per heavy atom. The Morgan fingerprint density at radius 3 is 2.36 bits per heavy atom. The number of hydrogen-bond acceptors (Lipinski definition) is 5.